The number of aromatic carboxylic acids is 2. The van der Waals surface area contributed by atoms with Crippen molar-refractivity contribution in [2.75, 3.05) is 0 Å². The Bertz CT molecular complexity index is 603. The fourth-order valence-corrected chi connectivity index (χ4v) is 3.87. The average Bonchev–Trinajstić information content (AvgIpc) is 2.45. The van der Waals surface area contributed by atoms with Crippen molar-refractivity contribution in [3.8, 4) is 0 Å². The molecule has 0 spiro atoms. The van der Waals surface area contributed by atoms with Crippen molar-refractivity contribution in [3.63, 3.8) is 0 Å². The number of carboxylic acid groups (broad SMARTS) is 2. The molecule has 0 radical (unpaired) electrons. The Hall–Kier alpha value is -0.349. The van der Waals surface area contributed by atoms with E-state index in [0.717, 1.165) is 0 Å². The zero-order valence-corrected chi connectivity index (χ0v) is 11.8. The molecule has 2 aromatic carbocycles. The van der Waals surface area contributed by atoms with Gasteiger partial charge in [-0.1, -0.05) is 45.9 Å². The van der Waals surface area contributed by atoms with Gasteiger partial charge in [-0.05, 0) is 24.3 Å². The monoisotopic (exact) mass is 446 g/mol. The molecule has 2 N–H and O–H groups in total. The molecule has 0 aromatic heterocycles. The second-order valence-electron chi connectivity index (χ2n) is 3.77. The van der Waals surface area contributed by atoms with E-state index in [1.807, 2.05) is 0 Å². The van der Waals surface area contributed by atoms with Crippen LogP contribution in [-0.2, 0) is 0 Å². The van der Waals surface area contributed by atoms with Crippen LogP contribution in [0.2, 0.25) is 0 Å². The van der Waals surface area contributed by atoms with Gasteiger partial charge in [-0.3, -0.25) is 0 Å². The van der Waals surface area contributed by atoms with Gasteiger partial charge in [-0.15, -0.1) is 0 Å². The Kier molecular flexibility index (Phi) is 7.96. The Balaban J connectivity index is 0.00000220. The van der Waals surface area contributed by atoms with Crippen molar-refractivity contribution in [2.24, 2.45) is 0 Å². The maximum absolute atomic E-state index is 11.1. The van der Waals surface area contributed by atoms with Crippen LogP contribution in [0.3, 0.4) is 0 Å². The summed E-state index contributed by atoms with van der Waals surface area (Å²) >= 11 is 0. The van der Waals surface area contributed by atoms with E-state index >= 15 is 0 Å². The van der Waals surface area contributed by atoms with Crippen molar-refractivity contribution >= 4 is 82.4 Å². The number of hydrogen-bond donors (Lipinski definition) is 2. The molecule has 0 amide bonds. The van der Waals surface area contributed by atoms with E-state index in [2.05, 4.69) is 0 Å². The van der Waals surface area contributed by atoms with Crippen molar-refractivity contribution in [1.82, 2.24) is 0 Å². The quantitative estimate of drug-likeness (QED) is 0.544. The van der Waals surface area contributed by atoms with Crippen LogP contribution in [-0.4, -0.2) is 71.0 Å². The first-order valence-corrected chi connectivity index (χ1v) is 7.73. The van der Waals surface area contributed by atoms with Gasteiger partial charge in [0.05, 0.1) is 11.1 Å². The molecule has 2 aromatic rings. The fourth-order valence-electron chi connectivity index (χ4n) is 1.52. The molecule has 0 fully saturated rings. The van der Waals surface area contributed by atoms with Crippen molar-refractivity contribution in [1.29, 1.82) is 0 Å². The minimum atomic E-state index is -1.000. The van der Waals surface area contributed by atoms with Crippen LogP contribution in [0.1, 0.15) is 20.7 Å². The number of benzene rings is 2. The van der Waals surface area contributed by atoms with E-state index in [1.54, 1.807) is 36.4 Å². The van der Waals surface area contributed by atoms with Gasteiger partial charge >= 0.3 is 60.8 Å². The van der Waals surface area contributed by atoms with Gasteiger partial charge in [0, 0.05) is 9.79 Å². The summed E-state index contributed by atoms with van der Waals surface area (Å²) in [7, 11) is 2.47. The summed E-state index contributed by atoms with van der Waals surface area (Å²) in [6.07, 6.45) is 0. The molecule has 0 bridgehead atoms. The third-order valence-electron chi connectivity index (χ3n) is 2.46. The maximum atomic E-state index is 11.1. The molecule has 4 nitrogen and oxygen atoms in total. The Morgan fingerprint density at radius 3 is 1.38 bits per heavy atom. The average molecular weight is 446 g/mol. The predicted octanol–water partition coefficient (Wildman–Crippen LogP) is 2.97. The number of carbonyl (C=O) groups is 2. The van der Waals surface area contributed by atoms with Crippen LogP contribution < -0.4 is 0 Å². The molecule has 2 rings (SSSR count). The third kappa shape index (κ3) is 5.10. The molecule has 0 heterocycles. The predicted molar refractivity (Wildman–Crippen MR) is 87.1 cm³/mol. The molecule has 0 saturated heterocycles. The summed E-state index contributed by atoms with van der Waals surface area (Å²) in [4.78, 5) is 23.4. The van der Waals surface area contributed by atoms with Crippen molar-refractivity contribution in [2.45, 2.75) is 9.79 Å². The van der Waals surface area contributed by atoms with Gasteiger partial charge in [-0.2, -0.15) is 0 Å². The molecule has 0 atom stereocenters. The first-order valence-electron chi connectivity index (χ1n) is 5.59. The molecule has 0 aliphatic carbocycles. The van der Waals surface area contributed by atoms with Gasteiger partial charge in [-0.25, -0.2) is 9.59 Å². The molecule has 0 saturated carbocycles. The van der Waals surface area contributed by atoms with Crippen LogP contribution in [0.25, 0.3) is 0 Å². The van der Waals surface area contributed by atoms with E-state index in [1.165, 1.54) is 33.7 Å². The van der Waals surface area contributed by atoms with Gasteiger partial charge in [0.25, 0.3) is 0 Å². The summed E-state index contributed by atoms with van der Waals surface area (Å²) < 4.78 is 0. The molecular formula is C14H12BaO4S2. The molecule has 0 aliphatic heterocycles. The summed E-state index contributed by atoms with van der Waals surface area (Å²) in [5.74, 6) is -2.00. The second-order valence-corrected chi connectivity index (χ2v) is 5.98. The molecule has 21 heavy (non-hydrogen) atoms. The van der Waals surface area contributed by atoms with Gasteiger partial charge in [0.15, 0.2) is 0 Å². The molecule has 7 heteroatoms. The number of hydrogen-bond acceptors (Lipinski definition) is 4. The first-order chi connectivity index (χ1) is 9.59. The second kappa shape index (κ2) is 8.94. The van der Waals surface area contributed by atoms with Crippen LogP contribution >= 0.6 is 21.6 Å². The topological polar surface area (TPSA) is 74.6 Å². The summed E-state index contributed by atoms with van der Waals surface area (Å²) in [5.41, 5.74) is 0.413. The minimum absolute atomic E-state index is 0. The molecule has 0 aliphatic rings. The number of rotatable bonds is 5. The summed E-state index contributed by atoms with van der Waals surface area (Å²) in [6.45, 7) is 0. The van der Waals surface area contributed by atoms with E-state index in [4.69, 9.17) is 10.2 Å². The zero-order chi connectivity index (χ0) is 14.5. The SMILES string of the molecule is O=C(O)c1ccccc1SSc1ccccc1C(=O)O.[BaH2]. The van der Waals surface area contributed by atoms with Gasteiger partial charge in [0.1, 0.15) is 0 Å². The Morgan fingerprint density at radius 2 is 1.05 bits per heavy atom. The van der Waals surface area contributed by atoms with Crippen LogP contribution in [0.4, 0.5) is 0 Å². The first kappa shape index (κ1) is 18.7. The van der Waals surface area contributed by atoms with Crippen LogP contribution in [0, 0.1) is 0 Å². The van der Waals surface area contributed by atoms with Gasteiger partial charge in [0.2, 0.25) is 0 Å². The van der Waals surface area contributed by atoms with Crippen LogP contribution in [0.15, 0.2) is 58.3 Å². The van der Waals surface area contributed by atoms with Crippen LogP contribution in [0.5, 0.6) is 0 Å². The third-order valence-corrected chi connectivity index (χ3v) is 4.94. The van der Waals surface area contributed by atoms with Gasteiger partial charge < -0.3 is 10.2 Å². The number of carboxylic acids is 2. The molecule has 106 valence electrons. The Morgan fingerprint density at radius 1 is 0.714 bits per heavy atom. The Labute approximate surface area is 169 Å². The standard InChI is InChI=1S/C14H10O4S2.Ba.2H/c15-13(16)9-5-1-3-7-11(9)19-20-12-8-4-2-6-10(12)14(17)18;;;/h1-8H,(H,15,16)(H,17,18);;;. The van der Waals surface area contributed by atoms with E-state index in [9.17, 15) is 9.59 Å². The summed E-state index contributed by atoms with van der Waals surface area (Å²) in [6, 6.07) is 13.3. The molecular weight excluding hydrogens is 434 g/mol. The van der Waals surface area contributed by atoms with Crippen molar-refractivity contribution in [3.05, 3.63) is 59.7 Å². The van der Waals surface area contributed by atoms with E-state index in [-0.39, 0.29) is 60.0 Å². The van der Waals surface area contributed by atoms with E-state index < -0.39 is 11.9 Å². The zero-order valence-electron chi connectivity index (χ0n) is 10.1. The van der Waals surface area contributed by atoms with E-state index in [0.29, 0.717) is 9.79 Å². The van der Waals surface area contributed by atoms with Crippen molar-refractivity contribution < 1.29 is 19.8 Å². The molecule has 0 unspecified atom stereocenters. The summed E-state index contributed by atoms with van der Waals surface area (Å²) in [5, 5.41) is 18.2. The fraction of sp³-hybridized carbons (Fsp3) is 0. The normalized spacial score (nSPS) is 9.71.